The lowest BCUT2D eigenvalue weighted by Crippen LogP contribution is -2.30. The van der Waals surface area contributed by atoms with E-state index in [0.717, 1.165) is 24.1 Å². The minimum absolute atomic E-state index is 0.0629. The Kier molecular flexibility index (Phi) is 7.41. The highest BCUT2D eigenvalue weighted by Gasteiger charge is 2.27. The van der Waals surface area contributed by atoms with E-state index < -0.39 is 23.1 Å². The van der Waals surface area contributed by atoms with Crippen molar-refractivity contribution in [1.29, 1.82) is 0 Å². The average molecular weight is 480 g/mol. The molecule has 2 aromatic carbocycles. The summed E-state index contributed by atoms with van der Waals surface area (Å²) in [6, 6.07) is 14.4. The number of benzene rings is 2. The van der Waals surface area contributed by atoms with E-state index in [1.54, 1.807) is 14.2 Å². The van der Waals surface area contributed by atoms with Crippen LogP contribution < -0.4 is 14.9 Å². The number of carbonyl (C=O) groups is 1. The third-order valence-corrected chi connectivity index (χ3v) is 6.29. The zero-order valence-corrected chi connectivity index (χ0v) is 20.1. The van der Waals surface area contributed by atoms with Crippen LogP contribution in [0.5, 0.6) is 17.2 Å². The summed E-state index contributed by atoms with van der Waals surface area (Å²) in [7, 11) is 4.53. The van der Waals surface area contributed by atoms with Gasteiger partial charge in [0.25, 0.3) is 0 Å². The van der Waals surface area contributed by atoms with Crippen molar-refractivity contribution in [3.05, 3.63) is 87.0 Å². The van der Waals surface area contributed by atoms with Crippen LogP contribution in [0.25, 0.3) is 0 Å². The summed E-state index contributed by atoms with van der Waals surface area (Å²) in [5.41, 5.74) is 2.49. The fourth-order valence-electron chi connectivity index (χ4n) is 4.46. The summed E-state index contributed by atoms with van der Waals surface area (Å²) >= 11 is 0. The van der Waals surface area contributed by atoms with Crippen LogP contribution in [0.1, 0.15) is 40.5 Å². The quantitative estimate of drug-likeness (QED) is 0.489. The number of esters is 1. The van der Waals surface area contributed by atoms with Gasteiger partial charge >= 0.3 is 5.97 Å². The molecule has 0 fully saturated rings. The van der Waals surface area contributed by atoms with Crippen molar-refractivity contribution in [1.82, 2.24) is 4.90 Å². The van der Waals surface area contributed by atoms with E-state index in [2.05, 4.69) is 4.90 Å². The van der Waals surface area contributed by atoms with Gasteiger partial charge < -0.3 is 23.7 Å². The average Bonchev–Trinajstić information content (AvgIpc) is 2.88. The van der Waals surface area contributed by atoms with E-state index in [-0.39, 0.29) is 12.2 Å². The maximum Gasteiger partial charge on any atom is 0.306 e. The molecule has 1 N–H and O–H groups in total. The zero-order chi connectivity index (χ0) is 24.9. The maximum atomic E-state index is 12.7. The van der Waals surface area contributed by atoms with Crippen molar-refractivity contribution in [2.24, 2.45) is 0 Å². The second-order valence-corrected chi connectivity index (χ2v) is 8.47. The largest absolute Gasteiger partial charge is 0.502 e. The third kappa shape index (κ3) is 5.33. The monoisotopic (exact) mass is 479 g/mol. The molecule has 8 nitrogen and oxygen atoms in total. The number of nitrogens with zero attached hydrogens (tertiary/aromatic N) is 1. The molecule has 1 aliphatic heterocycles. The molecule has 0 saturated heterocycles. The van der Waals surface area contributed by atoms with Crippen LogP contribution in [0.3, 0.4) is 0 Å². The van der Waals surface area contributed by atoms with Gasteiger partial charge in [0.1, 0.15) is 5.76 Å². The number of rotatable bonds is 8. The molecule has 1 aliphatic rings. The molecular weight excluding hydrogens is 450 g/mol. The molecule has 2 heterocycles. The van der Waals surface area contributed by atoms with Gasteiger partial charge in [-0.15, -0.1) is 0 Å². The van der Waals surface area contributed by atoms with Crippen LogP contribution >= 0.6 is 0 Å². The van der Waals surface area contributed by atoms with Crippen LogP contribution in [0, 0.1) is 0 Å². The highest BCUT2D eigenvalue weighted by Crippen LogP contribution is 2.35. The Bertz CT molecular complexity index is 1250. The number of hydrogen-bond acceptors (Lipinski definition) is 8. The Morgan fingerprint density at radius 2 is 1.74 bits per heavy atom. The standard InChI is InChI=1S/C27H29NO7/c1-32-23-11-18-9-10-28(15-19(18)12-24(23)33-2)16-20-13-22(29)26(31)27(35-20)21(14-25(30)34-3)17-7-5-4-6-8-17/h4-8,11-13,21,31H,9-10,14-16H2,1-3H3. The fraction of sp³-hybridized carbons (Fsp3) is 0.333. The first-order chi connectivity index (χ1) is 16.9. The predicted octanol–water partition coefficient (Wildman–Crippen LogP) is 3.62. The minimum atomic E-state index is -0.657. The van der Waals surface area contributed by atoms with Crippen molar-refractivity contribution in [2.75, 3.05) is 27.9 Å². The van der Waals surface area contributed by atoms with E-state index in [1.807, 2.05) is 42.5 Å². The van der Waals surface area contributed by atoms with Crippen LogP contribution in [0.2, 0.25) is 0 Å². The molecule has 0 saturated carbocycles. The van der Waals surface area contributed by atoms with E-state index in [1.165, 1.54) is 18.7 Å². The predicted molar refractivity (Wildman–Crippen MR) is 129 cm³/mol. The molecule has 1 unspecified atom stereocenters. The summed E-state index contributed by atoms with van der Waals surface area (Å²) in [4.78, 5) is 27.0. The van der Waals surface area contributed by atoms with Gasteiger partial charge in [0.05, 0.1) is 40.2 Å². The number of ether oxygens (including phenoxy) is 3. The lowest BCUT2D eigenvalue weighted by Gasteiger charge is -2.29. The second kappa shape index (κ2) is 10.7. The fourth-order valence-corrected chi connectivity index (χ4v) is 4.46. The summed E-state index contributed by atoms with van der Waals surface area (Å²) < 4.78 is 21.8. The normalized spacial score (nSPS) is 14.1. The molecule has 0 aliphatic carbocycles. The Hall–Kier alpha value is -3.78. The Morgan fingerprint density at radius 3 is 2.40 bits per heavy atom. The van der Waals surface area contributed by atoms with Gasteiger partial charge in [0, 0.05) is 19.2 Å². The van der Waals surface area contributed by atoms with E-state index in [0.29, 0.717) is 30.3 Å². The van der Waals surface area contributed by atoms with Crippen molar-refractivity contribution >= 4 is 5.97 Å². The first-order valence-electron chi connectivity index (χ1n) is 11.4. The van der Waals surface area contributed by atoms with Gasteiger partial charge in [-0.3, -0.25) is 14.5 Å². The first kappa shape index (κ1) is 24.3. The smallest absolute Gasteiger partial charge is 0.306 e. The summed E-state index contributed by atoms with van der Waals surface area (Å²) in [6.07, 6.45) is 0.735. The van der Waals surface area contributed by atoms with E-state index >= 15 is 0 Å². The van der Waals surface area contributed by atoms with Gasteiger partial charge in [-0.25, -0.2) is 0 Å². The highest BCUT2D eigenvalue weighted by molar-refractivity contribution is 5.71. The number of fused-ring (bicyclic) bond motifs is 1. The zero-order valence-electron chi connectivity index (χ0n) is 20.1. The Labute approximate surface area is 203 Å². The van der Waals surface area contributed by atoms with Crippen molar-refractivity contribution in [2.45, 2.75) is 31.8 Å². The van der Waals surface area contributed by atoms with Crippen LogP contribution in [0.15, 0.2) is 57.7 Å². The molecule has 1 atom stereocenters. The summed E-state index contributed by atoms with van der Waals surface area (Å²) in [5, 5.41) is 10.6. The molecule has 3 aromatic rings. The summed E-state index contributed by atoms with van der Waals surface area (Å²) in [6.45, 7) is 1.77. The van der Waals surface area contributed by atoms with Gasteiger partial charge in [-0.1, -0.05) is 30.3 Å². The van der Waals surface area contributed by atoms with E-state index in [9.17, 15) is 14.7 Å². The minimum Gasteiger partial charge on any atom is -0.502 e. The number of hydrogen-bond donors (Lipinski definition) is 1. The van der Waals surface area contributed by atoms with Crippen LogP contribution in [-0.4, -0.2) is 43.8 Å². The molecule has 184 valence electrons. The Morgan fingerprint density at radius 1 is 1.06 bits per heavy atom. The van der Waals surface area contributed by atoms with Crippen molar-refractivity contribution < 1.29 is 28.5 Å². The highest BCUT2D eigenvalue weighted by atomic mass is 16.5. The number of carbonyl (C=O) groups excluding carboxylic acids is 1. The summed E-state index contributed by atoms with van der Waals surface area (Å²) in [5.74, 6) is 0.225. The van der Waals surface area contributed by atoms with Gasteiger partial charge in [0.2, 0.25) is 11.2 Å². The topological polar surface area (TPSA) is 98.4 Å². The Balaban J connectivity index is 1.63. The molecule has 1 aromatic heterocycles. The molecule has 0 amide bonds. The van der Waals surface area contributed by atoms with Gasteiger partial charge in [0.15, 0.2) is 17.3 Å². The number of methoxy groups -OCH3 is 3. The van der Waals surface area contributed by atoms with Gasteiger partial charge in [-0.2, -0.15) is 0 Å². The van der Waals surface area contributed by atoms with E-state index in [4.69, 9.17) is 18.6 Å². The molecule has 8 heteroatoms. The molecule has 4 rings (SSSR count). The van der Waals surface area contributed by atoms with Crippen molar-refractivity contribution in [3.63, 3.8) is 0 Å². The number of aromatic hydroxyl groups is 1. The molecule has 35 heavy (non-hydrogen) atoms. The molecule has 0 radical (unpaired) electrons. The molecule has 0 bridgehead atoms. The van der Waals surface area contributed by atoms with Crippen molar-refractivity contribution in [3.8, 4) is 17.2 Å². The lowest BCUT2D eigenvalue weighted by atomic mass is 9.92. The van der Waals surface area contributed by atoms with Crippen LogP contribution in [-0.2, 0) is 29.0 Å². The molecule has 0 spiro atoms. The second-order valence-electron chi connectivity index (χ2n) is 8.47. The van der Waals surface area contributed by atoms with Gasteiger partial charge in [-0.05, 0) is 35.2 Å². The molecular formula is C27H29NO7. The third-order valence-electron chi connectivity index (χ3n) is 6.29. The maximum absolute atomic E-state index is 12.7. The lowest BCUT2D eigenvalue weighted by molar-refractivity contribution is -0.140. The SMILES string of the molecule is COC(=O)CC(c1ccccc1)c1oc(CN2CCc3cc(OC)c(OC)cc3C2)cc(=O)c1O. The van der Waals surface area contributed by atoms with Crippen LogP contribution in [0.4, 0.5) is 0 Å². The first-order valence-corrected chi connectivity index (χ1v) is 11.4.